The average Bonchev–Trinajstić information content (AvgIpc) is 1.90. The van der Waals surface area contributed by atoms with Gasteiger partial charge in [0.2, 0.25) is 0 Å². The van der Waals surface area contributed by atoms with Gasteiger partial charge in [-0.15, -0.1) is 11.8 Å². The third-order valence-electron chi connectivity index (χ3n) is 0.869. The summed E-state index contributed by atoms with van der Waals surface area (Å²) >= 11 is 1.84. The van der Waals surface area contributed by atoms with Crippen LogP contribution in [0.2, 0.25) is 0 Å². The Bertz CT molecular complexity index is 27.7. The molecule has 0 amide bonds. The molecule has 41 valence electrons. The van der Waals surface area contributed by atoms with Crippen LogP contribution in [0.15, 0.2) is 0 Å². The van der Waals surface area contributed by atoms with Crippen molar-refractivity contribution in [3.8, 4) is 0 Å². The summed E-state index contributed by atoms with van der Waals surface area (Å²) in [5.41, 5.74) is 0. The van der Waals surface area contributed by atoms with Gasteiger partial charge in [-0.1, -0.05) is 0 Å². The van der Waals surface area contributed by atoms with E-state index < -0.39 is 0 Å². The molecule has 1 rings (SSSR count). The zero-order valence-corrected chi connectivity index (χ0v) is 5.04. The first-order chi connectivity index (χ1) is 3.50. The Kier molecular flexibility index (Phi) is 2.59. The quantitative estimate of drug-likeness (QED) is 0.473. The predicted molar refractivity (Wildman–Crippen MR) is 32.2 cm³/mol. The van der Waals surface area contributed by atoms with Crippen molar-refractivity contribution in [1.82, 2.24) is 0 Å². The summed E-state index contributed by atoms with van der Waals surface area (Å²) in [5.74, 6) is 2.05. The molecule has 1 saturated heterocycles. The fourth-order valence-corrected chi connectivity index (χ4v) is 1.16. The molecule has 7 heavy (non-hydrogen) atoms. The first kappa shape index (κ1) is 5.45. The number of thioether (sulfide) groups is 1. The smallest absolute Gasteiger partial charge is 0.0920 e. The highest BCUT2D eigenvalue weighted by Gasteiger charge is 1.95. The minimum absolute atomic E-state index is 0.885. The molecule has 0 bridgehead atoms. The van der Waals surface area contributed by atoms with Gasteiger partial charge in [-0.3, -0.25) is 0 Å². The van der Waals surface area contributed by atoms with Gasteiger partial charge in [0, 0.05) is 6.61 Å². The molecule has 1 aliphatic rings. The first-order valence-electron chi connectivity index (χ1n) is 2.47. The Morgan fingerprint density at radius 2 is 2.57 bits per heavy atom. The summed E-state index contributed by atoms with van der Waals surface area (Å²) in [4.78, 5) is 0. The van der Waals surface area contributed by atoms with Crippen LogP contribution in [0.25, 0.3) is 0 Å². The van der Waals surface area contributed by atoms with Gasteiger partial charge in [0.1, 0.15) is 0 Å². The van der Waals surface area contributed by atoms with E-state index in [4.69, 9.17) is 4.74 Å². The topological polar surface area (TPSA) is 9.23 Å². The van der Waals surface area contributed by atoms with Gasteiger partial charge in [-0.05, 0) is 18.6 Å². The van der Waals surface area contributed by atoms with E-state index in [1.807, 2.05) is 11.8 Å². The molecule has 0 aromatic rings. The van der Waals surface area contributed by atoms with Crippen molar-refractivity contribution in [3.05, 3.63) is 6.42 Å². The molecule has 0 unspecified atom stereocenters. The van der Waals surface area contributed by atoms with Crippen molar-refractivity contribution in [2.45, 2.75) is 6.42 Å². The van der Waals surface area contributed by atoms with Gasteiger partial charge < -0.3 is 4.74 Å². The Morgan fingerprint density at radius 1 is 1.57 bits per heavy atom. The highest BCUT2D eigenvalue weighted by molar-refractivity contribution is 7.99. The minimum Gasteiger partial charge on any atom is -0.371 e. The van der Waals surface area contributed by atoms with Crippen LogP contribution in [-0.2, 0) is 4.74 Å². The SMILES string of the molecule is [CH]1CCOCSC1. The lowest BCUT2D eigenvalue weighted by Crippen LogP contribution is -1.87. The maximum Gasteiger partial charge on any atom is 0.0920 e. The van der Waals surface area contributed by atoms with Crippen LogP contribution < -0.4 is 0 Å². The summed E-state index contributed by atoms with van der Waals surface area (Å²) < 4.78 is 5.13. The van der Waals surface area contributed by atoms with Gasteiger partial charge in [0.05, 0.1) is 5.94 Å². The van der Waals surface area contributed by atoms with E-state index in [0.717, 1.165) is 19.0 Å². The van der Waals surface area contributed by atoms with Crippen molar-refractivity contribution in [2.24, 2.45) is 0 Å². The van der Waals surface area contributed by atoms with Crippen molar-refractivity contribution >= 4 is 11.8 Å². The van der Waals surface area contributed by atoms with Crippen LogP contribution in [0.1, 0.15) is 6.42 Å². The fraction of sp³-hybridized carbons (Fsp3) is 0.800. The summed E-state index contributed by atoms with van der Waals surface area (Å²) in [6.07, 6.45) is 3.39. The van der Waals surface area contributed by atoms with E-state index in [2.05, 4.69) is 6.42 Å². The lowest BCUT2D eigenvalue weighted by Gasteiger charge is -1.91. The highest BCUT2D eigenvalue weighted by atomic mass is 32.2. The molecule has 1 nitrogen and oxygen atoms in total. The first-order valence-corrected chi connectivity index (χ1v) is 3.63. The largest absolute Gasteiger partial charge is 0.371 e. The zero-order valence-electron chi connectivity index (χ0n) is 4.22. The van der Waals surface area contributed by atoms with E-state index in [9.17, 15) is 0 Å². The van der Waals surface area contributed by atoms with Crippen LogP contribution in [0.5, 0.6) is 0 Å². The maximum absolute atomic E-state index is 5.13. The van der Waals surface area contributed by atoms with E-state index in [-0.39, 0.29) is 0 Å². The Labute approximate surface area is 48.4 Å². The Morgan fingerprint density at radius 3 is 3.57 bits per heavy atom. The normalized spacial score (nSPS) is 24.0. The summed E-state index contributed by atoms with van der Waals surface area (Å²) in [5, 5.41) is 0. The monoisotopic (exact) mass is 117 g/mol. The number of rotatable bonds is 0. The molecular weight excluding hydrogens is 108 g/mol. The molecule has 0 spiro atoms. The second-order valence-corrected chi connectivity index (χ2v) is 2.45. The fourth-order valence-electron chi connectivity index (χ4n) is 0.499. The molecule has 1 aliphatic heterocycles. The standard InChI is InChI=1S/C5H9OS/c1-2-4-7-5-6-3-1/h2H,1,3-5H2. The number of hydrogen-bond donors (Lipinski definition) is 0. The van der Waals surface area contributed by atoms with E-state index in [1.165, 1.54) is 5.75 Å². The number of ether oxygens (including phenoxy) is 1. The molecule has 1 heterocycles. The predicted octanol–water partition coefficient (Wildman–Crippen LogP) is 1.30. The molecule has 0 saturated carbocycles. The molecule has 0 atom stereocenters. The van der Waals surface area contributed by atoms with Gasteiger partial charge in [-0.25, -0.2) is 0 Å². The second-order valence-electron chi connectivity index (χ2n) is 1.47. The van der Waals surface area contributed by atoms with E-state index in [1.54, 1.807) is 0 Å². The lowest BCUT2D eigenvalue weighted by atomic mass is 10.4. The van der Waals surface area contributed by atoms with Crippen LogP contribution in [-0.4, -0.2) is 18.3 Å². The summed E-state index contributed by atoms with van der Waals surface area (Å²) in [6.45, 7) is 0.924. The molecule has 2 heteroatoms. The summed E-state index contributed by atoms with van der Waals surface area (Å²) in [6, 6.07) is 0. The molecular formula is C5H9OS. The third kappa shape index (κ3) is 2.19. The maximum atomic E-state index is 5.13. The van der Waals surface area contributed by atoms with Crippen molar-refractivity contribution < 1.29 is 4.74 Å². The molecule has 0 aromatic carbocycles. The van der Waals surface area contributed by atoms with Crippen molar-refractivity contribution in [3.63, 3.8) is 0 Å². The third-order valence-corrected chi connectivity index (χ3v) is 1.67. The zero-order chi connectivity index (χ0) is 4.95. The summed E-state index contributed by atoms with van der Waals surface area (Å²) in [7, 11) is 0. The molecule has 0 aliphatic carbocycles. The van der Waals surface area contributed by atoms with Crippen molar-refractivity contribution in [1.29, 1.82) is 0 Å². The van der Waals surface area contributed by atoms with Gasteiger partial charge in [0.15, 0.2) is 0 Å². The second kappa shape index (κ2) is 3.33. The van der Waals surface area contributed by atoms with E-state index in [0.29, 0.717) is 0 Å². The highest BCUT2D eigenvalue weighted by Crippen LogP contribution is 2.08. The van der Waals surface area contributed by atoms with Gasteiger partial charge >= 0.3 is 0 Å². The van der Waals surface area contributed by atoms with E-state index >= 15 is 0 Å². The number of hydrogen-bond acceptors (Lipinski definition) is 2. The Balaban J connectivity index is 2.04. The van der Waals surface area contributed by atoms with Gasteiger partial charge in [-0.2, -0.15) is 0 Å². The lowest BCUT2D eigenvalue weighted by molar-refractivity contribution is 0.189. The van der Waals surface area contributed by atoms with Crippen LogP contribution in [0.4, 0.5) is 0 Å². The molecule has 0 N–H and O–H groups in total. The Hall–Kier alpha value is 0.310. The molecule has 1 fully saturated rings. The van der Waals surface area contributed by atoms with Crippen LogP contribution in [0, 0.1) is 6.42 Å². The average molecular weight is 117 g/mol. The van der Waals surface area contributed by atoms with Gasteiger partial charge in [0.25, 0.3) is 0 Å². The van der Waals surface area contributed by atoms with Crippen LogP contribution in [0.3, 0.4) is 0 Å². The van der Waals surface area contributed by atoms with Crippen molar-refractivity contribution in [2.75, 3.05) is 18.3 Å². The molecule has 1 radical (unpaired) electrons. The minimum atomic E-state index is 0.885. The molecule has 0 aromatic heterocycles. The van der Waals surface area contributed by atoms with Crippen LogP contribution >= 0.6 is 11.8 Å².